The minimum atomic E-state index is -0.176. The molecule has 4 heterocycles. The topological polar surface area (TPSA) is 73.9 Å². The molecular weight excluding hydrogens is 426 g/mol. The van der Waals surface area contributed by atoms with Gasteiger partial charge in [0.05, 0.1) is 25.6 Å². The van der Waals surface area contributed by atoms with Gasteiger partial charge in [0.1, 0.15) is 16.9 Å². The Bertz CT molecular complexity index is 1300. The van der Waals surface area contributed by atoms with E-state index < -0.39 is 0 Å². The standard InChI is InChI=1S/C23H27N5O3S/c1-15-19(12-26(2)10-17-8-9-31-13-17)32-22-20(15)21-24-14-25-28(21)23(29)27(22)11-16-4-6-18(30-3)7-5-16/h4-7,14,17H,8-13H2,1-3H3. The van der Waals surface area contributed by atoms with E-state index in [4.69, 9.17) is 9.47 Å². The normalized spacial score (nSPS) is 16.6. The maximum absolute atomic E-state index is 13.3. The molecule has 1 aliphatic rings. The molecule has 1 saturated heterocycles. The molecule has 8 nitrogen and oxygen atoms in total. The summed E-state index contributed by atoms with van der Waals surface area (Å²) in [7, 11) is 3.80. The first kappa shape index (κ1) is 21.1. The quantitative estimate of drug-likeness (QED) is 0.428. The van der Waals surface area contributed by atoms with E-state index in [1.54, 1.807) is 18.4 Å². The molecule has 32 heavy (non-hydrogen) atoms. The van der Waals surface area contributed by atoms with Gasteiger partial charge in [0.25, 0.3) is 0 Å². The van der Waals surface area contributed by atoms with Gasteiger partial charge in [-0.2, -0.15) is 9.61 Å². The smallest absolute Gasteiger partial charge is 0.352 e. The summed E-state index contributed by atoms with van der Waals surface area (Å²) < 4.78 is 14.0. The zero-order valence-corrected chi connectivity index (χ0v) is 19.4. The second kappa shape index (κ2) is 8.65. The number of fused-ring (bicyclic) bond motifs is 3. The first-order valence-corrected chi connectivity index (χ1v) is 11.6. The van der Waals surface area contributed by atoms with Gasteiger partial charge in [-0.1, -0.05) is 12.1 Å². The highest BCUT2D eigenvalue weighted by atomic mass is 32.1. The van der Waals surface area contributed by atoms with Crippen molar-refractivity contribution in [3.05, 3.63) is 57.1 Å². The van der Waals surface area contributed by atoms with Gasteiger partial charge in [0, 0.05) is 24.6 Å². The molecule has 1 unspecified atom stereocenters. The van der Waals surface area contributed by atoms with E-state index in [1.165, 1.54) is 21.3 Å². The summed E-state index contributed by atoms with van der Waals surface area (Å²) in [6, 6.07) is 7.81. The van der Waals surface area contributed by atoms with E-state index in [0.29, 0.717) is 18.1 Å². The third-order valence-electron chi connectivity index (χ3n) is 6.16. The van der Waals surface area contributed by atoms with Gasteiger partial charge in [0.15, 0.2) is 5.65 Å². The Labute approximate surface area is 190 Å². The van der Waals surface area contributed by atoms with E-state index >= 15 is 0 Å². The van der Waals surface area contributed by atoms with Gasteiger partial charge in [0.2, 0.25) is 0 Å². The molecular formula is C23H27N5O3S. The highest BCUT2D eigenvalue weighted by molar-refractivity contribution is 7.19. The predicted octanol–water partition coefficient (Wildman–Crippen LogP) is 2.94. The lowest BCUT2D eigenvalue weighted by molar-refractivity contribution is 0.173. The minimum absolute atomic E-state index is 0.176. The second-order valence-corrected chi connectivity index (χ2v) is 9.55. The van der Waals surface area contributed by atoms with Crippen molar-refractivity contribution >= 4 is 27.2 Å². The van der Waals surface area contributed by atoms with Crippen LogP contribution < -0.4 is 10.4 Å². The highest BCUT2D eigenvalue weighted by Gasteiger charge is 2.22. The molecule has 1 fully saturated rings. The van der Waals surface area contributed by atoms with Gasteiger partial charge in [-0.25, -0.2) is 9.78 Å². The monoisotopic (exact) mass is 453 g/mol. The van der Waals surface area contributed by atoms with Crippen LogP contribution in [0.3, 0.4) is 0 Å². The number of aryl methyl sites for hydroxylation is 1. The zero-order valence-electron chi connectivity index (χ0n) is 18.6. The Hall–Kier alpha value is -2.75. The van der Waals surface area contributed by atoms with E-state index in [0.717, 1.165) is 54.3 Å². The lowest BCUT2D eigenvalue weighted by Gasteiger charge is -2.19. The lowest BCUT2D eigenvalue weighted by atomic mass is 10.1. The average molecular weight is 454 g/mol. The van der Waals surface area contributed by atoms with Crippen molar-refractivity contribution < 1.29 is 9.47 Å². The molecule has 168 valence electrons. The van der Waals surface area contributed by atoms with Crippen LogP contribution in [0.25, 0.3) is 15.9 Å². The van der Waals surface area contributed by atoms with Crippen molar-refractivity contribution in [1.82, 2.24) is 24.1 Å². The van der Waals surface area contributed by atoms with E-state index in [9.17, 15) is 4.79 Å². The van der Waals surface area contributed by atoms with Crippen LogP contribution in [0.2, 0.25) is 0 Å². The van der Waals surface area contributed by atoms with Crippen molar-refractivity contribution in [2.24, 2.45) is 5.92 Å². The molecule has 0 aliphatic carbocycles. The van der Waals surface area contributed by atoms with Gasteiger partial charge in [-0.3, -0.25) is 4.57 Å². The van der Waals surface area contributed by atoms with Crippen LogP contribution >= 0.6 is 11.3 Å². The Morgan fingerprint density at radius 2 is 2.12 bits per heavy atom. The Morgan fingerprint density at radius 3 is 2.84 bits per heavy atom. The number of methoxy groups -OCH3 is 1. The number of rotatable bonds is 7. The van der Waals surface area contributed by atoms with Gasteiger partial charge >= 0.3 is 5.69 Å². The Kier molecular flexibility index (Phi) is 5.71. The molecule has 1 aliphatic heterocycles. The molecule has 1 atom stereocenters. The number of ether oxygens (including phenoxy) is 2. The molecule has 5 rings (SSSR count). The third-order valence-corrected chi connectivity index (χ3v) is 7.46. The maximum atomic E-state index is 13.3. The fourth-order valence-corrected chi connectivity index (χ4v) is 5.81. The lowest BCUT2D eigenvalue weighted by Crippen LogP contribution is -2.27. The van der Waals surface area contributed by atoms with Crippen molar-refractivity contribution in [3.8, 4) is 5.75 Å². The number of hydrogen-bond acceptors (Lipinski definition) is 7. The van der Waals surface area contributed by atoms with Crippen LogP contribution in [0, 0.1) is 12.8 Å². The Morgan fingerprint density at radius 1 is 1.31 bits per heavy atom. The Balaban J connectivity index is 1.55. The second-order valence-electron chi connectivity index (χ2n) is 8.47. The molecule has 0 saturated carbocycles. The van der Waals surface area contributed by atoms with Crippen LogP contribution in [0.1, 0.15) is 22.4 Å². The summed E-state index contributed by atoms with van der Waals surface area (Å²) in [5.74, 6) is 1.38. The summed E-state index contributed by atoms with van der Waals surface area (Å²) in [4.78, 5) is 22.2. The van der Waals surface area contributed by atoms with E-state index in [1.807, 2.05) is 28.8 Å². The molecule has 0 radical (unpaired) electrons. The van der Waals surface area contributed by atoms with Crippen LogP contribution in [0.5, 0.6) is 5.75 Å². The van der Waals surface area contributed by atoms with E-state index in [-0.39, 0.29) is 5.69 Å². The average Bonchev–Trinajstić information content (AvgIpc) is 3.53. The van der Waals surface area contributed by atoms with Crippen LogP contribution in [0.4, 0.5) is 0 Å². The summed E-state index contributed by atoms with van der Waals surface area (Å²) in [6.45, 7) is 6.13. The molecule has 0 spiro atoms. The molecule has 0 bridgehead atoms. The summed E-state index contributed by atoms with van der Waals surface area (Å²) in [6.07, 6.45) is 2.58. The number of aromatic nitrogens is 4. The predicted molar refractivity (Wildman–Crippen MR) is 125 cm³/mol. The van der Waals surface area contributed by atoms with Gasteiger partial charge < -0.3 is 14.4 Å². The fourth-order valence-electron chi connectivity index (χ4n) is 4.43. The summed E-state index contributed by atoms with van der Waals surface area (Å²) >= 11 is 1.68. The van der Waals surface area contributed by atoms with Crippen molar-refractivity contribution in [3.63, 3.8) is 0 Å². The van der Waals surface area contributed by atoms with Crippen LogP contribution in [0.15, 0.2) is 35.4 Å². The van der Waals surface area contributed by atoms with Crippen molar-refractivity contribution in [2.75, 3.05) is 33.9 Å². The molecule has 3 aromatic heterocycles. The van der Waals surface area contributed by atoms with Gasteiger partial charge in [-0.15, -0.1) is 11.3 Å². The number of hydrogen-bond donors (Lipinski definition) is 0. The number of nitrogens with zero attached hydrogens (tertiary/aromatic N) is 5. The van der Waals surface area contributed by atoms with Gasteiger partial charge in [-0.05, 0) is 49.6 Å². The molecule has 0 amide bonds. The third kappa shape index (κ3) is 3.80. The summed E-state index contributed by atoms with van der Waals surface area (Å²) in [5.41, 5.74) is 2.65. The minimum Gasteiger partial charge on any atom is -0.497 e. The number of benzene rings is 1. The summed E-state index contributed by atoms with van der Waals surface area (Å²) in [5, 5.41) is 5.22. The number of thiophene rings is 1. The zero-order chi connectivity index (χ0) is 22.2. The highest BCUT2D eigenvalue weighted by Crippen LogP contribution is 2.33. The maximum Gasteiger partial charge on any atom is 0.352 e. The largest absolute Gasteiger partial charge is 0.497 e. The van der Waals surface area contributed by atoms with Crippen LogP contribution in [-0.2, 0) is 17.8 Å². The van der Waals surface area contributed by atoms with Crippen molar-refractivity contribution in [2.45, 2.75) is 26.4 Å². The first-order valence-electron chi connectivity index (χ1n) is 10.8. The first-order chi connectivity index (χ1) is 15.5. The molecule has 4 aromatic rings. The fraction of sp³-hybridized carbons (Fsp3) is 0.435. The van der Waals surface area contributed by atoms with Crippen LogP contribution in [-0.4, -0.2) is 58.0 Å². The van der Waals surface area contributed by atoms with Crippen molar-refractivity contribution in [1.29, 1.82) is 0 Å². The SMILES string of the molecule is COc1ccc(Cn2c(=O)n3ncnc3c3c(C)c(CN(C)CC4CCOC4)sc32)cc1. The van der Waals surface area contributed by atoms with E-state index in [2.05, 4.69) is 29.0 Å². The molecule has 9 heteroatoms. The molecule has 1 aromatic carbocycles. The molecule has 0 N–H and O–H groups in total.